The smallest absolute Gasteiger partial charge is 0.333 e. The molecular formula is C130H110N6O4. The molecule has 0 amide bonds. The molecule has 19 aromatic carbocycles. The van der Waals surface area contributed by atoms with Crippen LogP contribution >= 0.6 is 0 Å². The highest BCUT2D eigenvalue weighted by atomic mass is 16.5. The van der Waals surface area contributed by atoms with Crippen LogP contribution in [0.5, 0.6) is 0 Å². The van der Waals surface area contributed by atoms with Gasteiger partial charge in [-0.15, -0.1) is 0 Å². The topological polar surface area (TPSA) is 72.0 Å². The molecule has 0 N–H and O–H groups in total. The lowest BCUT2D eigenvalue weighted by atomic mass is 10.0. The summed E-state index contributed by atoms with van der Waals surface area (Å²) in [5.41, 5.74) is 32.8. The number of carbonyl (C=O) groups is 2. The van der Waals surface area contributed by atoms with Crippen molar-refractivity contribution >= 4 is 154 Å². The largest absolute Gasteiger partial charge is 0.462 e. The van der Waals surface area contributed by atoms with E-state index in [1.165, 1.54) is 43.8 Å². The molecule has 0 heterocycles. The molecule has 10 heteroatoms. The lowest BCUT2D eigenvalue weighted by Crippen LogP contribution is -2.13. The van der Waals surface area contributed by atoms with Gasteiger partial charge >= 0.3 is 11.9 Å². The van der Waals surface area contributed by atoms with Crippen molar-refractivity contribution in [2.45, 2.75) is 40.5 Å². The molecule has 0 aliphatic heterocycles. The zero-order valence-corrected chi connectivity index (χ0v) is 79.4. The third-order valence-corrected chi connectivity index (χ3v) is 24.6. The van der Waals surface area contributed by atoms with Crippen molar-refractivity contribution in [3.63, 3.8) is 0 Å². The Labute approximate surface area is 823 Å². The van der Waals surface area contributed by atoms with E-state index in [0.29, 0.717) is 24.0 Å². The Bertz CT molecular complexity index is 7200. The Kier molecular flexibility index (Phi) is 30.2. The van der Waals surface area contributed by atoms with Crippen LogP contribution in [-0.4, -0.2) is 25.2 Å². The summed E-state index contributed by atoms with van der Waals surface area (Å²) < 4.78 is 10.7. The molecule has 0 aromatic heterocycles. The highest BCUT2D eigenvalue weighted by Gasteiger charge is 2.23. The van der Waals surface area contributed by atoms with Gasteiger partial charge in [-0.25, -0.2) is 9.59 Å². The molecule has 0 aliphatic rings. The van der Waals surface area contributed by atoms with E-state index >= 15 is 0 Å². The second-order valence-electron chi connectivity index (χ2n) is 34.5. The van der Waals surface area contributed by atoms with E-state index in [9.17, 15) is 9.59 Å². The van der Waals surface area contributed by atoms with Crippen LogP contribution in [0.3, 0.4) is 0 Å². The first-order chi connectivity index (χ1) is 68.6. The lowest BCUT2D eigenvalue weighted by molar-refractivity contribution is -0.139. The van der Waals surface area contributed by atoms with Crippen LogP contribution in [0, 0.1) is 13.8 Å². The minimum absolute atomic E-state index is 0.283. The molecule has 0 radical (unpaired) electrons. The molecule has 10 nitrogen and oxygen atoms in total. The van der Waals surface area contributed by atoms with Crippen molar-refractivity contribution in [3.8, 4) is 22.3 Å². The molecule has 0 spiro atoms. The van der Waals surface area contributed by atoms with Crippen molar-refractivity contribution in [2.24, 2.45) is 0 Å². The van der Waals surface area contributed by atoms with E-state index in [4.69, 9.17) is 9.47 Å². The highest BCUT2D eigenvalue weighted by molar-refractivity contribution is 6.01. The molecule has 19 rings (SSSR count). The predicted octanol–water partition coefficient (Wildman–Crippen LogP) is 35.4. The van der Waals surface area contributed by atoms with Gasteiger partial charge in [-0.3, -0.25) is 0 Å². The fourth-order valence-corrected chi connectivity index (χ4v) is 17.4. The predicted molar refractivity (Wildman–Crippen MR) is 592 cm³/mol. The van der Waals surface area contributed by atoms with Gasteiger partial charge in [0.2, 0.25) is 0 Å². The number of hydrogen-bond acceptors (Lipinski definition) is 10. The third kappa shape index (κ3) is 22.7. The summed E-state index contributed by atoms with van der Waals surface area (Å²) >= 11 is 0. The van der Waals surface area contributed by atoms with Crippen LogP contribution in [0.15, 0.2) is 511 Å². The Morgan fingerprint density at radius 3 is 0.736 bits per heavy atom. The van der Waals surface area contributed by atoms with Gasteiger partial charge < -0.3 is 38.9 Å². The van der Waals surface area contributed by atoms with E-state index in [2.05, 4.69) is 483 Å². The quantitative estimate of drug-likeness (QED) is 0.0310. The van der Waals surface area contributed by atoms with E-state index in [1.807, 2.05) is 78.9 Å². The number of ether oxygens (including phenoxy) is 2. The number of fused-ring (bicyclic) bond motifs is 2. The Morgan fingerprint density at radius 2 is 0.457 bits per heavy atom. The molecule has 684 valence electrons. The summed E-state index contributed by atoms with van der Waals surface area (Å²) in [6, 6.07) is 165. The maximum atomic E-state index is 11.9. The van der Waals surface area contributed by atoms with Gasteiger partial charge in [0.25, 0.3) is 0 Å². The van der Waals surface area contributed by atoms with Crippen molar-refractivity contribution in [1.29, 1.82) is 0 Å². The van der Waals surface area contributed by atoms with E-state index in [0.717, 1.165) is 141 Å². The minimum Gasteiger partial charge on any atom is -0.462 e. The van der Waals surface area contributed by atoms with Crippen LogP contribution in [0.25, 0.3) is 62.0 Å². The second kappa shape index (κ2) is 45.0. The maximum absolute atomic E-state index is 11.9. The van der Waals surface area contributed by atoms with Crippen LogP contribution in [0.1, 0.15) is 52.8 Å². The van der Waals surface area contributed by atoms with Crippen molar-refractivity contribution in [3.05, 3.63) is 550 Å². The molecule has 0 fully saturated rings. The molecule has 0 saturated heterocycles. The minimum atomic E-state index is -0.377. The van der Waals surface area contributed by atoms with Gasteiger partial charge in [0.1, 0.15) is 0 Å². The van der Waals surface area contributed by atoms with Crippen LogP contribution in [-0.2, 0) is 31.9 Å². The van der Waals surface area contributed by atoms with Crippen molar-refractivity contribution < 1.29 is 19.1 Å². The number of carbonyl (C=O) groups excluding carboxylic acids is 2. The van der Waals surface area contributed by atoms with Crippen LogP contribution < -0.4 is 29.4 Å². The molecule has 0 unspecified atom stereocenters. The number of rotatable bonds is 31. The number of esters is 2. The van der Waals surface area contributed by atoms with Gasteiger partial charge in [-0.1, -0.05) is 312 Å². The highest BCUT2D eigenvalue weighted by Crippen LogP contribution is 2.46. The first kappa shape index (κ1) is 93.9. The molecule has 0 saturated carbocycles. The fourth-order valence-electron chi connectivity index (χ4n) is 17.4. The maximum Gasteiger partial charge on any atom is 0.333 e. The average Bonchev–Trinajstić information content (AvgIpc) is 0.779. The third-order valence-electron chi connectivity index (χ3n) is 24.6. The van der Waals surface area contributed by atoms with Crippen molar-refractivity contribution in [1.82, 2.24) is 0 Å². The summed E-state index contributed by atoms with van der Waals surface area (Å²) in [4.78, 5) is 37.5. The molecule has 140 heavy (non-hydrogen) atoms. The number of para-hydroxylation sites is 3. The standard InChI is InChI=1S/C48H36N2.C42H40N2O4.C40H34N2/c1-3-35-19-27-41(28-20-35)49(47-17-9-13-39-11-5-7-15-45(39)47)43-31-23-37(24-32-43)38-25-33-44(34-26-38)50(42-29-21-36(4-2)22-30-42)48-18-10-14-40-12-6-8-16-46(40)48;1-31(2)41(45)47-27-25-33-13-11-19-39(29-33)43(35-15-7-5-8-16-35)37-21-23-38(24-22-37)44(36-17-9-6-10-18-36)40-20-12-14-34(30-40)26-28-48-42(46)32(3)4;1-4-32-16-22-36(23-17-32)42(40-15-9-11-31(3)29-40)38-26-20-34(21-27-38)33-18-24-37(25-19-33)41(35-12-6-5-7-13-35)39-14-8-10-30(2)28-39/h3-34H,1-2H2;5-24,29-30H,1,3,25-28H2,2,4H3;4-29H,1H2,2-3H3. The Hall–Kier alpha value is -17.9. The van der Waals surface area contributed by atoms with Crippen LogP contribution in [0.4, 0.5) is 102 Å². The average molecular weight is 1820 g/mol. The summed E-state index contributed by atoms with van der Waals surface area (Å²) in [5.74, 6) is -0.755. The first-order valence-corrected chi connectivity index (χ1v) is 47.2. The molecule has 0 aliphatic carbocycles. The lowest BCUT2D eigenvalue weighted by Gasteiger charge is -2.28. The van der Waals surface area contributed by atoms with Gasteiger partial charge in [-0.05, 0) is 306 Å². The Balaban J connectivity index is 0.000000145. The normalized spacial score (nSPS) is 10.7. The SMILES string of the molecule is C=C(C)C(=O)OCCc1cccc(N(c2ccccc2)c2ccc(N(c3ccccc3)c3cccc(CCOC(=O)C(=C)C)c3)cc2)c1.C=Cc1ccc(N(c2ccc(-c3ccc(N(c4ccc(C=C)cc4)c4cccc5ccccc45)cc3)cc2)c2cccc3ccccc23)cc1.C=Cc1ccc(N(c2ccc(-c3ccc(N(c4ccccc4)c4cccc(C)c4)cc3)cc2)c2cccc(C)c2)cc1. The zero-order chi connectivity index (χ0) is 96.6. The molecule has 0 atom stereocenters. The van der Waals surface area contributed by atoms with Gasteiger partial charge in [0.15, 0.2) is 0 Å². The van der Waals surface area contributed by atoms with Gasteiger partial charge in [-0.2, -0.15) is 0 Å². The Morgan fingerprint density at radius 1 is 0.236 bits per heavy atom. The summed E-state index contributed by atoms with van der Waals surface area (Å²) in [6.07, 6.45) is 6.82. The van der Waals surface area contributed by atoms with E-state index in [-0.39, 0.29) is 25.2 Å². The molecular weight excluding hydrogens is 1710 g/mol. The van der Waals surface area contributed by atoms with Gasteiger partial charge in [0, 0.05) is 126 Å². The first-order valence-electron chi connectivity index (χ1n) is 47.2. The number of anilines is 18. The second-order valence-corrected chi connectivity index (χ2v) is 34.5. The number of benzene rings is 19. The van der Waals surface area contributed by atoms with Crippen molar-refractivity contribution in [2.75, 3.05) is 42.6 Å². The number of hydrogen-bond donors (Lipinski definition) is 0. The molecule has 0 bridgehead atoms. The number of aryl methyl sites for hydroxylation is 2. The fraction of sp³-hybridized carbons (Fsp3) is 0.0615. The summed E-state index contributed by atoms with van der Waals surface area (Å²) in [7, 11) is 0. The molecule has 19 aromatic rings. The van der Waals surface area contributed by atoms with E-state index < -0.39 is 0 Å². The summed E-state index contributed by atoms with van der Waals surface area (Å²) in [6.45, 7) is 27.2. The van der Waals surface area contributed by atoms with Gasteiger partial charge in [0.05, 0.1) is 24.6 Å². The summed E-state index contributed by atoms with van der Waals surface area (Å²) in [5, 5.41) is 4.84. The van der Waals surface area contributed by atoms with Crippen LogP contribution in [0.2, 0.25) is 0 Å². The zero-order valence-electron chi connectivity index (χ0n) is 79.4. The van der Waals surface area contributed by atoms with E-state index in [1.54, 1.807) is 13.8 Å². The number of nitrogens with zero attached hydrogens (tertiary/aromatic N) is 6. The monoisotopic (exact) mass is 1820 g/mol.